The molecule has 1 aromatic heterocycles. The van der Waals surface area contributed by atoms with Gasteiger partial charge in [0.25, 0.3) is 0 Å². The van der Waals surface area contributed by atoms with Crippen molar-refractivity contribution in [3.05, 3.63) is 24.1 Å². The smallest absolute Gasteiger partial charge is 0.216 e. The van der Waals surface area contributed by atoms with Crippen LogP contribution in [0.5, 0.6) is 5.88 Å². The van der Waals surface area contributed by atoms with Gasteiger partial charge in [0.1, 0.15) is 6.61 Å². The van der Waals surface area contributed by atoms with E-state index in [9.17, 15) is 4.39 Å². The maximum Gasteiger partial charge on any atom is 0.216 e. The van der Waals surface area contributed by atoms with Crippen molar-refractivity contribution in [1.29, 1.82) is 0 Å². The summed E-state index contributed by atoms with van der Waals surface area (Å²) in [4.78, 5) is 3.45. The third-order valence-corrected chi connectivity index (χ3v) is 1.16. The van der Waals surface area contributed by atoms with Crippen LogP contribution in [0, 0.1) is 5.95 Å². The van der Waals surface area contributed by atoms with Crippen molar-refractivity contribution in [3.63, 3.8) is 0 Å². The molecule has 4 heteroatoms. The zero-order chi connectivity index (χ0) is 8.97. The summed E-state index contributed by atoms with van der Waals surface area (Å²) in [5.74, 6) is -0.394. The van der Waals surface area contributed by atoms with Crippen molar-refractivity contribution >= 4 is 0 Å². The van der Waals surface area contributed by atoms with Gasteiger partial charge in [0.05, 0.1) is 6.10 Å². The highest BCUT2D eigenvalue weighted by molar-refractivity contribution is 5.10. The Morgan fingerprint density at radius 3 is 3.00 bits per heavy atom. The lowest BCUT2D eigenvalue weighted by atomic mass is 10.4. The maximum atomic E-state index is 12.4. The lowest BCUT2D eigenvalue weighted by Crippen LogP contribution is -2.13. The van der Waals surface area contributed by atoms with Crippen LogP contribution < -0.4 is 4.74 Å². The summed E-state index contributed by atoms with van der Waals surface area (Å²) in [5, 5.41) is 8.84. The largest absolute Gasteiger partial charge is 0.475 e. The number of halogens is 1. The Balaban J connectivity index is 2.52. The minimum Gasteiger partial charge on any atom is -0.475 e. The minimum atomic E-state index is -0.585. The Labute approximate surface area is 69.8 Å². The van der Waals surface area contributed by atoms with Gasteiger partial charge in [0, 0.05) is 6.07 Å². The van der Waals surface area contributed by atoms with Crippen molar-refractivity contribution in [1.82, 2.24) is 4.98 Å². The Morgan fingerprint density at radius 2 is 2.42 bits per heavy atom. The molecule has 0 saturated heterocycles. The molecule has 0 spiro atoms. The molecule has 1 atom stereocenters. The highest BCUT2D eigenvalue weighted by Crippen LogP contribution is 2.06. The van der Waals surface area contributed by atoms with Crippen LogP contribution in [0.25, 0.3) is 0 Å². The summed E-state index contributed by atoms with van der Waals surface area (Å²) >= 11 is 0. The number of pyridine rings is 1. The molecule has 0 aliphatic heterocycles. The molecule has 1 heterocycles. The summed E-state index contributed by atoms with van der Waals surface area (Å²) in [6, 6.07) is 4.26. The highest BCUT2D eigenvalue weighted by atomic mass is 19.1. The number of hydrogen-bond acceptors (Lipinski definition) is 3. The zero-order valence-corrected chi connectivity index (χ0v) is 6.70. The number of aromatic nitrogens is 1. The molecule has 0 aromatic carbocycles. The molecule has 1 rings (SSSR count). The van der Waals surface area contributed by atoms with Gasteiger partial charge in [0.2, 0.25) is 11.8 Å². The summed E-state index contributed by atoms with van der Waals surface area (Å²) in [5.41, 5.74) is 0. The fourth-order valence-electron chi connectivity index (χ4n) is 0.676. The SMILES string of the molecule is CC(O)COc1cccc(F)n1. The van der Waals surface area contributed by atoms with Crippen LogP contribution in [-0.4, -0.2) is 22.8 Å². The zero-order valence-electron chi connectivity index (χ0n) is 6.70. The number of nitrogens with zero attached hydrogens (tertiary/aromatic N) is 1. The van der Waals surface area contributed by atoms with Crippen LogP contribution in [0.4, 0.5) is 4.39 Å². The van der Waals surface area contributed by atoms with E-state index in [2.05, 4.69) is 4.98 Å². The standard InChI is InChI=1S/C8H10FNO2/c1-6(11)5-12-8-4-2-3-7(9)10-8/h2-4,6,11H,5H2,1H3. The number of aliphatic hydroxyl groups excluding tert-OH is 1. The maximum absolute atomic E-state index is 12.4. The normalized spacial score (nSPS) is 12.6. The minimum absolute atomic E-state index is 0.121. The van der Waals surface area contributed by atoms with E-state index in [0.29, 0.717) is 0 Å². The van der Waals surface area contributed by atoms with E-state index in [-0.39, 0.29) is 12.5 Å². The molecule has 66 valence electrons. The van der Waals surface area contributed by atoms with Gasteiger partial charge in [-0.05, 0) is 13.0 Å². The topological polar surface area (TPSA) is 42.4 Å². The van der Waals surface area contributed by atoms with Gasteiger partial charge in [-0.15, -0.1) is 0 Å². The number of aliphatic hydroxyl groups is 1. The van der Waals surface area contributed by atoms with E-state index in [1.54, 1.807) is 6.92 Å². The molecule has 1 aromatic rings. The molecular formula is C8H10FNO2. The third-order valence-electron chi connectivity index (χ3n) is 1.16. The molecular weight excluding hydrogens is 161 g/mol. The van der Waals surface area contributed by atoms with Crippen LogP contribution in [-0.2, 0) is 0 Å². The molecule has 1 N–H and O–H groups in total. The van der Waals surface area contributed by atoms with Crippen molar-refractivity contribution in [2.24, 2.45) is 0 Å². The van der Waals surface area contributed by atoms with E-state index in [4.69, 9.17) is 9.84 Å². The lowest BCUT2D eigenvalue weighted by Gasteiger charge is -2.05. The van der Waals surface area contributed by atoms with Gasteiger partial charge < -0.3 is 9.84 Å². The van der Waals surface area contributed by atoms with Crippen LogP contribution in [0.2, 0.25) is 0 Å². The van der Waals surface area contributed by atoms with Crippen molar-refractivity contribution < 1.29 is 14.2 Å². The Hall–Kier alpha value is -1.16. The first-order valence-electron chi connectivity index (χ1n) is 3.62. The summed E-state index contributed by atoms with van der Waals surface area (Å²) in [6.45, 7) is 1.70. The van der Waals surface area contributed by atoms with E-state index in [0.717, 1.165) is 0 Å². The Kier molecular flexibility index (Phi) is 2.99. The van der Waals surface area contributed by atoms with E-state index in [1.165, 1.54) is 18.2 Å². The van der Waals surface area contributed by atoms with Gasteiger partial charge >= 0.3 is 0 Å². The summed E-state index contributed by atoms with van der Waals surface area (Å²) < 4.78 is 17.4. The molecule has 0 fully saturated rings. The van der Waals surface area contributed by atoms with E-state index < -0.39 is 12.1 Å². The molecule has 0 amide bonds. The van der Waals surface area contributed by atoms with Crippen molar-refractivity contribution in [3.8, 4) is 5.88 Å². The molecule has 0 bridgehead atoms. The summed E-state index contributed by atoms with van der Waals surface area (Å²) in [6.07, 6.45) is -0.574. The van der Waals surface area contributed by atoms with Gasteiger partial charge in [-0.1, -0.05) is 6.07 Å². The first-order valence-corrected chi connectivity index (χ1v) is 3.62. The van der Waals surface area contributed by atoms with E-state index >= 15 is 0 Å². The molecule has 3 nitrogen and oxygen atoms in total. The first-order chi connectivity index (χ1) is 5.68. The predicted molar refractivity (Wildman–Crippen MR) is 41.4 cm³/mol. The first kappa shape index (κ1) is 8.93. The average Bonchev–Trinajstić information content (AvgIpc) is 2.01. The Morgan fingerprint density at radius 1 is 1.67 bits per heavy atom. The quantitative estimate of drug-likeness (QED) is 0.689. The second-order valence-corrected chi connectivity index (χ2v) is 2.46. The summed E-state index contributed by atoms with van der Waals surface area (Å²) in [7, 11) is 0. The fourth-order valence-corrected chi connectivity index (χ4v) is 0.676. The average molecular weight is 171 g/mol. The van der Waals surface area contributed by atoms with Crippen LogP contribution in [0.3, 0.4) is 0 Å². The lowest BCUT2D eigenvalue weighted by molar-refractivity contribution is 0.119. The Bertz CT molecular complexity index is 253. The van der Waals surface area contributed by atoms with Crippen LogP contribution >= 0.6 is 0 Å². The molecule has 0 radical (unpaired) electrons. The highest BCUT2D eigenvalue weighted by Gasteiger charge is 1.99. The van der Waals surface area contributed by atoms with Crippen LogP contribution in [0.15, 0.2) is 18.2 Å². The van der Waals surface area contributed by atoms with E-state index in [1.807, 2.05) is 0 Å². The van der Waals surface area contributed by atoms with Gasteiger partial charge in [-0.2, -0.15) is 9.37 Å². The van der Waals surface area contributed by atoms with Gasteiger partial charge in [0.15, 0.2) is 0 Å². The number of rotatable bonds is 3. The van der Waals surface area contributed by atoms with Crippen molar-refractivity contribution in [2.75, 3.05) is 6.61 Å². The molecule has 1 unspecified atom stereocenters. The molecule has 0 saturated carbocycles. The van der Waals surface area contributed by atoms with Gasteiger partial charge in [-0.3, -0.25) is 0 Å². The van der Waals surface area contributed by atoms with Crippen LogP contribution in [0.1, 0.15) is 6.92 Å². The van der Waals surface area contributed by atoms with Crippen molar-refractivity contribution in [2.45, 2.75) is 13.0 Å². The number of hydrogen-bond donors (Lipinski definition) is 1. The monoisotopic (exact) mass is 171 g/mol. The second kappa shape index (κ2) is 4.01. The fraction of sp³-hybridized carbons (Fsp3) is 0.375. The number of ether oxygens (including phenoxy) is 1. The predicted octanol–water partition coefficient (Wildman–Crippen LogP) is 0.980. The molecule has 0 aliphatic rings. The third kappa shape index (κ3) is 2.84. The second-order valence-electron chi connectivity index (χ2n) is 2.46. The molecule has 12 heavy (non-hydrogen) atoms. The van der Waals surface area contributed by atoms with Gasteiger partial charge in [-0.25, -0.2) is 0 Å². The molecule has 0 aliphatic carbocycles.